The molecule has 0 saturated heterocycles. The highest BCUT2D eigenvalue weighted by Crippen LogP contribution is 2.58. The van der Waals surface area contributed by atoms with Crippen LogP contribution in [0, 0.1) is 0 Å². The summed E-state index contributed by atoms with van der Waals surface area (Å²) >= 11 is 1.77. The van der Waals surface area contributed by atoms with Gasteiger partial charge in [-0.3, -0.25) is 0 Å². The van der Waals surface area contributed by atoms with Crippen molar-refractivity contribution in [1.29, 1.82) is 0 Å². The molecule has 10 aromatic rings. The predicted octanol–water partition coefficient (Wildman–Crippen LogP) is 13.4. The number of hydrogen-bond acceptors (Lipinski definition) is 3. The number of thiophene rings is 1. The van der Waals surface area contributed by atoms with Crippen molar-refractivity contribution in [2.24, 2.45) is 0 Å². The van der Waals surface area contributed by atoms with Crippen molar-refractivity contribution in [2.45, 2.75) is 5.41 Å². The zero-order valence-electron chi connectivity index (χ0n) is 29.3. The van der Waals surface area contributed by atoms with Gasteiger partial charge in [0.1, 0.15) is 0 Å². The summed E-state index contributed by atoms with van der Waals surface area (Å²) in [7, 11) is 0. The smallest absolute Gasteiger partial charge is 0.161 e. The third-order valence-corrected chi connectivity index (χ3v) is 12.3. The van der Waals surface area contributed by atoms with Crippen molar-refractivity contribution in [2.75, 3.05) is 0 Å². The third kappa shape index (κ3) is 4.59. The molecule has 0 saturated carbocycles. The summed E-state index contributed by atoms with van der Waals surface area (Å²) in [5.74, 6) is 0.724. The van der Waals surface area contributed by atoms with Gasteiger partial charge >= 0.3 is 0 Å². The molecule has 8 aromatic carbocycles. The van der Waals surface area contributed by atoms with Gasteiger partial charge in [-0.2, -0.15) is 0 Å². The maximum Gasteiger partial charge on any atom is 0.161 e. The number of benzene rings is 8. The van der Waals surface area contributed by atoms with E-state index in [2.05, 4.69) is 194 Å². The van der Waals surface area contributed by atoms with E-state index < -0.39 is 5.41 Å². The van der Waals surface area contributed by atoms with Crippen molar-refractivity contribution in [3.63, 3.8) is 0 Å². The highest BCUT2D eigenvalue weighted by Gasteiger charge is 2.46. The van der Waals surface area contributed by atoms with E-state index in [1.807, 2.05) is 0 Å². The molecule has 2 aromatic heterocycles. The van der Waals surface area contributed by atoms with Crippen molar-refractivity contribution >= 4 is 42.4 Å². The molecule has 0 radical (unpaired) electrons. The van der Waals surface area contributed by atoms with Crippen molar-refractivity contribution in [3.05, 3.63) is 216 Å². The molecule has 0 spiro atoms. The largest absolute Gasteiger partial charge is 0.226 e. The molecule has 0 bridgehead atoms. The Kier molecular flexibility index (Phi) is 6.98. The van der Waals surface area contributed by atoms with Crippen LogP contribution < -0.4 is 0 Å². The fourth-order valence-corrected chi connectivity index (χ4v) is 9.93. The van der Waals surface area contributed by atoms with E-state index in [4.69, 9.17) is 9.97 Å². The SMILES string of the molecule is c1ccc(-c2nc(-c3cc4c(cc3-c3ccc5ccccc5c3)-c3ccccc3C4(c3ccccc3)c3ccccc3)nc3c2sc2ccccc23)cc1. The van der Waals surface area contributed by atoms with Crippen LogP contribution >= 0.6 is 11.3 Å². The second-order valence-electron chi connectivity index (χ2n) is 14.1. The molecule has 0 N–H and O–H groups in total. The Hall–Kier alpha value is -6.68. The van der Waals surface area contributed by atoms with Gasteiger partial charge in [0.25, 0.3) is 0 Å². The van der Waals surface area contributed by atoms with Crippen LogP contribution in [0.4, 0.5) is 0 Å². The summed E-state index contributed by atoms with van der Waals surface area (Å²) < 4.78 is 2.32. The predicted molar refractivity (Wildman–Crippen MR) is 226 cm³/mol. The zero-order valence-corrected chi connectivity index (χ0v) is 30.1. The van der Waals surface area contributed by atoms with E-state index >= 15 is 0 Å². The number of rotatable bonds is 5. The molecule has 1 aliphatic carbocycles. The van der Waals surface area contributed by atoms with Crippen LogP contribution in [-0.2, 0) is 5.41 Å². The number of aromatic nitrogens is 2. The lowest BCUT2D eigenvalue weighted by molar-refractivity contribution is 0.768. The van der Waals surface area contributed by atoms with Crippen LogP contribution in [0.25, 0.3) is 76.0 Å². The van der Waals surface area contributed by atoms with Crippen LogP contribution in [0.2, 0.25) is 0 Å². The first-order valence-corrected chi connectivity index (χ1v) is 19.2. The van der Waals surface area contributed by atoms with E-state index in [-0.39, 0.29) is 0 Å². The molecule has 0 unspecified atom stereocenters. The van der Waals surface area contributed by atoms with Crippen LogP contribution in [0.3, 0.4) is 0 Å². The second kappa shape index (κ2) is 12.2. The van der Waals surface area contributed by atoms with Gasteiger partial charge in [0.05, 0.1) is 21.3 Å². The fraction of sp³-hybridized carbons (Fsp3) is 0.0196. The van der Waals surface area contributed by atoms with Crippen LogP contribution in [0.1, 0.15) is 22.3 Å². The second-order valence-corrected chi connectivity index (χ2v) is 15.1. The fourth-order valence-electron chi connectivity index (χ4n) is 8.77. The molecule has 0 fully saturated rings. The van der Waals surface area contributed by atoms with Crippen molar-refractivity contribution in [1.82, 2.24) is 9.97 Å². The molecule has 0 aliphatic heterocycles. The minimum Gasteiger partial charge on any atom is -0.226 e. The normalized spacial score (nSPS) is 13.0. The minimum atomic E-state index is -0.549. The van der Waals surface area contributed by atoms with Gasteiger partial charge in [0, 0.05) is 21.2 Å². The number of fused-ring (bicyclic) bond motifs is 7. The molecule has 0 amide bonds. The molecule has 1 aliphatic rings. The van der Waals surface area contributed by atoms with Crippen molar-refractivity contribution in [3.8, 4) is 44.9 Å². The number of hydrogen-bond donors (Lipinski definition) is 0. The van der Waals surface area contributed by atoms with E-state index in [1.54, 1.807) is 11.3 Å². The Labute approximate surface area is 317 Å². The van der Waals surface area contributed by atoms with E-state index in [0.29, 0.717) is 0 Å². The maximum absolute atomic E-state index is 5.55. The highest BCUT2D eigenvalue weighted by atomic mass is 32.1. The molecule has 252 valence electrons. The van der Waals surface area contributed by atoms with E-state index in [9.17, 15) is 0 Å². The zero-order chi connectivity index (χ0) is 35.6. The third-order valence-electron chi connectivity index (χ3n) is 11.2. The lowest BCUT2D eigenvalue weighted by atomic mass is 9.67. The Morgan fingerprint density at radius 1 is 0.407 bits per heavy atom. The molecule has 0 atom stereocenters. The summed E-state index contributed by atoms with van der Waals surface area (Å²) in [4.78, 5) is 11.1. The van der Waals surface area contributed by atoms with Gasteiger partial charge in [-0.15, -0.1) is 11.3 Å². The first-order valence-electron chi connectivity index (χ1n) is 18.4. The molecule has 3 heteroatoms. The van der Waals surface area contributed by atoms with E-state index in [1.165, 1.54) is 48.9 Å². The lowest BCUT2D eigenvalue weighted by Gasteiger charge is -2.34. The van der Waals surface area contributed by atoms with Crippen LogP contribution in [0.5, 0.6) is 0 Å². The standard InChI is InChI=1S/C51H32N2S/c1-4-17-34(18-5-1)47-49-48(40-25-13-15-27-46(40)54-49)53-50(52-47)43-32-45-42(31-41(43)36-29-28-33-16-10-11-19-35(33)30-36)39-24-12-14-26-44(39)51(45,37-20-6-2-7-21-37)38-22-8-3-9-23-38/h1-32H. The lowest BCUT2D eigenvalue weighted by Crippen LogP contribution is -2.28. The molecule has 11 rings (SSSR count). The Balaban J connectivity index is 1.29. The van der Waals surface area contributed by atoms with Gasteiger partial charge in [-0.1, -0.05) is 170 Å². The molecular weight excluding hydrogens is 673 g/mol. The maximum atomic E-state index is 5.55. The van der Waals surface area contributed by atoms with Crippen LogP contribution in [0.15, 0.2) is 194 Å². The van der Waals surface area contributed by atoms with Gasteiger partial charge < -0.3 is 0 Å². The van der Waals surface area contributed by atoms with Gasteiger partial charge in [-0.25, -0.2) is 9.97 Å². The quantitative estimate of drug-likeness (QED) is 0.178. The van der Waals surface area contributed by atoms with Gasteiger partial charge in [0.2, 0.25) is 0 Å². The first kappa shape index (κ1) is 30.9. The average Bonchev–Trinajstić information content (AvgIpc) is 3.77. The van der Waals surface area contributed by atoms with Gasteiger partial charge in [-0.05, 0) is 79.5 Å². The minimum absolute atomic E-state index is 0.549. The monoisotopic (exact) mass is 704 g/mol. The first-order chi connectivity index (χ1) is 26.8. The number of nitrogens with zero attached hydrogens (tertiary/aromatic N) is 2. The van der Waals surface area contributed by atoms with Gasteiger partial charge in [0.15, 0.2) is 5.82 Å². The topological polar surface area (TPSA) is 25.8 Å². The Morgan fingerprint density at radius 2 is 1.06 bits per heavy atom. The summed E-state index contributed by atoms with van der Waals surface area (Å²) in [6.07, 6.45) is 0. The molecular formula is C51H32N2S. The Morgan fingerprint density at radius 3 is 1.83 bits per heavy atom. The average molecular weight is 705 g/mol. The summed E-state index contributed by atoms with van der Waals surface area (Å²) in [5.41, 5.74) is 13.2. The molecule has 54 heavy (non-hydrogen) atoms. The van der Waals surface area contributed by atoms with E-state index in [0.717, 1.165) is 49.4 Å². The summed E-state index contributed by atoms with van der Waals surface area (Å²) in [6, 6.07) is 70.4. The Bertz CT molecular complexity index is 3000. The summed E-state index contributed by atoms with van der Waals surface area (Å²) in [5, 5.41) is 3.58. The molecule has 2 heterocycles. The van der Waals surface area contributed by atoms with Crippen molar-refractivity contribution < 1.29 is 0 Å². The highest BCUT2D eigenvalue weighted by molar-refractivity contribution is 7.26. The summed E-state index contributed by atoms with van der Waals surface area (Å²) in [6.45, 7) is 0. The molecule has 2 nitrogen and oxygen atoms in total. The van der Waals surface area contributed by atoms with Crippen LogP contribution in [-0.4, -0.2) is 9.97 Å².